The number of nitrogens with one attached hydrogen (secondary N) is 1. The lowest BCUT2D eigenvalue weighted by Crippen LogP contribution is -2.25. The first-order valence-corrected chi connectivity index (χ1v) is 8.17. The minimum Gasteiger partial charge on any atom is -0.352 e. The molecule has 0 bridgehead atoms. The number of hydrogen-bond donors (Lipinski definition) is 1. The number of rotatable bonds is 6. The fourth-order valence-electron chi connectivity index (χ4n) is 2.33. The summed E-state index contributed by atoms with van der Waals surface area (Å²) in [6.07, 6.45) is 1.68. The average Bonchev–Trinajstić information content (AvgIpc) is 2.51. The van der Waals surface area contributed by atoms with Gasteiger partial charge in [0.05, 0.1) is 5.56 Å². The van der Waals surface area contributed by atoms with Crippen LogP contribution in [0.15, 0.2) is 42.5 Å². The van der Waals surface area contributed by atoms with Crippen molar-refractivity contribution in [2.75, 3.05) is 6.54 Å². The fourth-order valence-corrected chi connectivity index (χ4v) is 2.49. The topological polar surface area (TPSA) is 29.1 Å². The Morgan fingerprint density at radius 1 is 1.17 bits per heavy atom. The van der Waals surface area contributed by atoms with Crippen LogP contribution in [0.25, 0.3) is 0 Å². The molecule has 2 aromatic carbocycles. The Bertz CT molecular complexity index is 668. The van der Waals surface area contributed by atoms with Crippen molar-refractivity contribution in [3.05, 3.63) is 70.0 Å². The van der Waals surface area contributed by atoms with Crippen molar-refractivity contribution in [1.82, 2.24) is 5.32 Å². The molecule has 0 aliphatic heterocycles. The quantitative estimate of drug-likeness (QED) is 0.743. The van der Waals surface area contributed by atoms with Gasteiger partial charge < -0.3 is 5.32 Å². The molecule has 0 heterocycles. The molecule has 122 valence electrons. The first-order chi connectivity index (χ1) is 11.0. The van der Waals surface area contributed by atoms with Gasteiger partial charge in [0.25, 0.3) is 5.91 Å². The number of aryl methyl sites for hydroxylation is 1. The standard InChI is InChI=1S/C19H21ClFNO/c1-13(2)15-7-5-14(6-8-15)4-3-11-22-19(23)17-10-9-16(20)12-18(17)21/h5-10,12-13H,3-4,11H2,1-2H3,(H,22,23). The van der Waals surface area contributed by atoms with E-state index in [-0.39, 0.29) is 10.6 Å². The lowest BCUT2D eigenvalue weighted by molar-refractivity contribution is 0.0949. The number of halogens is 2. The van der Waals surface area contributed by atoms with E-state index in [1.54, 1.807) is 0 Å². The first-order valence-electron chi connectivity index (χ1n) is 7.79. The Balaban J connectivity index is 1.79. The minimum atomic E-state index is -0.598. The van der Waals surface area contributed by atoms with E-state index in [9.17, 15) is 9.18 Å². The van der Waals surface area contributed by atoms with Crippen LogP contribution in [0.3, 0.4) is 0 Å². The van der Waals surface area contributed by atoms with E-state index in [1.165, 1.54) is 23.3 Å². The predicted molar refractivity (Wildman–Crippen MR) is 92.6 cm³/mol. The molecular formula is C19H21ClFNO. The number of benzene rings is 2. The Hall–Kier alpha value is -1.87. The summed E-state index contributed by atoms with van der Waals surface area (Å²) >= 11 is 5.68. The smallest absolute Gasteiger partial charge is 0.254 e. The third-order valence-electron chi connectivity index (χ3n) is 3.75. The monoisotopic (exact) mass is 333 g/mol. The summed E-state index contributed by atoms with van der Waals surface area (Å²) in [6, 6.07) is 12.6. The Kier molecular flexibility index (Phi) is 6.17. The zero-order valence-electron chi connectivity index (χ0n) is 13.4. The Labute approximate surface area is 141 Å². The lowest BCUT2D eigenvalue weighted by Gasteiger charge is -2.08. The van der Waals surface area contributed by atoms with Gasteiger partial charge in [-0.25, -0.2) is 4.39 Å². The summed E-state index contributed by atoms with van der Waals surface area (Å²) in [5.41, 5.74) is 2.58. The third-order valence-corrected chi connectivity index (χ3v) is 3.99. The second-order valence-electron chi connectivity index (χ2n) is 5.88. The summed E-state index contributed by atoms with van der Waals surface area (Å²) in [5.74, 6) is -0.480. The molecule has 0 saturated heterocycles. The molecular weight excluding hydrogens is 313 g/mol. The highest BCUT2D eigenvalue weighted by molar-refractivity contribution is 6.30. The van der Waals surface area contributed by atoms with E-state index in [4.69, 9.17) is 11.6 Å². The van der Waals surface area contributed by atoms with Gasteiger partial charge in [-0.15, -0.1) is 0 Å². The van der Waals surface area contributed by atoms with Crippen molar-refractivity contribution in [3.63, 3.8) is 0 Å². The van der Waals surface area contributed by atoms with Gasteiger partial charge in [0.2, 0.25) is 0 Å². The van der Waals surface area contributed by atoms with Gasteiger partial charge in [-0.3, -0.25) is 4.79 Å². The van der Waals surface area contributed by atoms with Crippen LogP contribution in [0, 0.1) is 5.82 Å². The van der Waals surface area contributed by atoms with Gasteiger partial charge in [-0.1, -0.05) is 49.7 Å². The third kappa shape index (κ3) is 5.07. The summed E-state index contributed by atoms with van der Waals surface area (Å²) in [5, 5.41) is 3.02. The van der Waals surface area contributed by atoms with Gasteiger partial charge in [0, 0.05) is 11.6 Å². The molecule has 0 aliphatic rings. The van der Waals surface area contributed by atoms with E-state index < -0.39 is 11.7 Å². The maximum Gasteiger partial charge on any atom is 0.254 e. The molecule has 0 unspecified atom stereocenters. The number of amides is 1. The maximum atomic E-state index is 13.6. The summed E-state index contributed by atoms with van der Waals surface area (Å²) in [4.78, 5) is 11.9. The highest BCUT2D eigenvalue weighted by Crippen LogP contribution is 2.16. The van der Waals surface area contributed by atoms with Gasteiger partial charge in [0.15, 0.2) is 0 Å². The van der Waals surface area contributed by atoms with Crippen LogP contribution < -0.4 is 5.32 Å². The van der Waals surface area contributed by atoms with E-state index in [0.29, 0.717) is 12.5 Å². The summed E-state index contributed by atoms with van der Waals surface area (Å²) in [6.45, 7) is 4.84. The molecule has 1 amide bonds. The van der Waals surface area contributed by atoms with Crippen molar-refractivity contribution in [2.45, 2.75) is 32.6 Å². The molecule has 2 aromatic rings. The van der Waals surface area contributed by atoms with Crippen LogP contribution in [-0.2, 0) is 6.42 Å². The highest BCUT2D eigenvalue weighted by Gasteiger charge is 2.11. The van der Waals surface area contributed by atoms with Crippen molar-refractivity contribution in [1.29, 1.82) is 0 Å². The summed E-state index contributed by atoms with van der Waals surface area (Å²) < 4.78 is 13.6. The molecule has 0 aromatic heterocycles. The summed E-state index contributed by atoms with van der Waals surface area (Å²) in [7, 11) is 0. The van der Waals surface area contributed by atoms with Gasteiger partial charge >= 0.3 is 0 Å². The number of hydrogen-bond acceptors (Lipinski definition) is 1. The molecule has 0 spiro atoms. The molecule has 1 N–H and O–H groups in total. The zero-order chi connectivity index (χ0) is 16.8. The second-order valence-corrected chi connectivity index (χ2v) is 6.32. The number of carbonyl (C=O) groups is 1. The van der Waals surface area contributed by atoms with Crippen molar-refractivity contribution >= 4 is 17.5 Å². The highest BCUT2D eigenvalue weighted by atomic mass is 35.5. The molecule has 4 heteroatoms. The minimum absolute atomic E-state index is 0.0238. The van der Waals surface area contributed by atoms with Crippen LogP contribution in [-0.4, -0.2) is 12.5 Å². The number of carbonyl (C=O) groups excluding carboxylic acids is 1. The normalized spacial score (nSPS) is 10.8. The van der Waals surface area contributed by atoms with Crippen molar-refractivity contribution in [2.24, 2.45) is 0 Å². The molecule has 0 saturated carbocycles. The lowest BCUT2D eigenvalue weighted by atomic mass is 10.0. The van der Waals surface area contributed by atoms with E-state index in [0.717, 1.165) is 18.9 Å². The zero-order valence-corrected chi connectivity index (χ0v) is 14.2. The van der Waals surface area contributed by atoms with Crippen LogP contribution in [0.2, 0.25) is 5.02 Å². The Morgan fingerprint density at radius 3 is 2.48 bits per heavy atom. The van der Waals surface area contributed by atoms with Gasteiger partial charge in [-0.2, -0.15) is 0 Å². The molecule has 2 nitrogen and oxygen atoms in total. The van der Waals surface area contributed by atoms with E-state index in [2.05, 4.69) is 43.4 Å². The Morgan fingerprint density at radius 2 is 1.87 bits per heavy atom. The van der Waals surface area contributed by atoms with Crippen LogP contribution in [0.1, 0.15) is 47.7 Å². The molecule has 0 aliphatic carbocycles. The molecule has 0 atom stereocenters. The molecule has 23 heavy (non-hydrogen) atoms. The van der Waals surface area contributed by atoms with Crippen molar-refractivity contribution in [3.8, 4) is 0 Å². The molecule has 0 fully saturated rings. The molecule has 2 rings (SSSR count). The predicted octanol–water partition coefficient (Wildman–Crippen LogP) is 4.97. The second kappa shape index (κ2) is 8.11. The van der Waals surface area contributed by atoms with Crippen LogP contribution >= 0.6 is 11.6 Å². The van der Waals surface area contributed by atoms with Gasteiger partial charge in [0.1, 0.15) is 5.82 Å². The first kappa shape index (κ1) is 17.5. The SMILES string of the molecule is CC(C)c1ccc(CCCNC(=O)c2ccc(Cl)cc2F)cc1. The van der Waals surface area contributed by atoms with E-state index in [1.807, 2.05) is 0 Å². The van der Waals surface area contributed by atoms with Crippen LogP contribution in [0.4, 0.5) is 4.39 Å². The largest absolute Gasteiger partial charge is 0.352 e. The average molecular weight is 334 g/mol. The molecule has 0 radical (unpaired) electrons. The van der Waals surface area contributed by atoms with Crippen LogP contribution in [0.5, 0.6) is 0 Å². The van der Waals surface area contributed by atoms with Gasteiger partial charge in [-0.05, 0) is 48.1 Å². The fraction of sp³-hybridized carbons (Fsp3) is 0.316. The van der Waals surface area contributed by atoms with E-state index >= 15 is 0 Å². The van der Waals surface area contributed by atoms with Crippen molar-refractivity contribution < 1.29 is 9.18 Å². The maximum absolute atomic E-state index is 13.6.